The molecule has 60 heavy (non-hydrogen) atoms. The van der Waals surface area contributed by atoms with E-state index in [0.717, 1.165) is 19.5 Å². The quantitative estimate of drug-likeness (QED) is 0.164. The van der Waals surface area contributed by atoms with E-state index in [9.17, 15) is 0 Å². The van der Waals surface area contributed by atoms with Gasteiger partial charge in [-0.3, -0.25) is 0 Å². The summed E-state index contributed by atoms with van der Waals surface area (Å²) in [7, 11) is 0. The number of nitrogens with zero attached hydrogens (tertiary/aromatic N) is 2. The van der Waals surface area contributed by atoms with Gasteiger partial charge in [-0.1, -0.05) is 154 Å². The Labute approximate surface area is 360 Å². The molecule has 6 aromatic carbocycles. The van der Waals surface area contributed by atoms with E-state index in [1.54, 1.807) is 11.1 Å². The predicted molar refractivity (Wildman–Crippen MR) is 255 cm³/mol. The van der Waals surface area contributed by atoms with Crippen LogP contribution < -0.4 is 9.80 Å². The maximum Gasteiger partial charge on any atom is 0.0683 e. The van der Waals surface area contributed by atoms with Gasteiger partial charge in [0.15, 0.2) is 0 Å². The fourth-order valence-electron chi connectivity index (χ4n) is 11.9. The summed E-state index contributed by atoms with van der Waals surface area (Å²) in [4.78, 5) is 6.58. The van der Waals surface area contributed by atoms with Gasteiger partial charge in [-0.2, -0.15) is 0 Å². The average molecular weight is 797 g/mol. The van der Waals surface area contributed by atoms with Crippen molar-refractivity contribution >= 4 is 41.0 Å². The molecule has 0 bridgehead atoms. The Balaban J connectivity index is 0.850. The van der Waals surface area contributed by atoms with Crippen LogP contribution in [0.3, 0.4) is 0 Å². The monoisotopic (exact) mass is 796 g/mol. The van der Waals surface area contributed by atoms with Gasteiger partial charge >= 0.3 is 0 Å². The zero-order valence-electron chi connectivity index (χ0n) is 34.8. The highest BCUT2D eigenvalue weighted by Crippen LogP contribution is 2.58. The van der Waals surface area contributed by atoms with Crippen LogP contribution in [0.15, 0.2) is 151 Å². The molecule has 3 heteroatoms. The van der Waals surface area contributed by atoms with Gasteiger partial charge in [0, 0.05) is 40.2 Å². The van der Waals surface area contributed by atoms with Gasteiger partial charge < -0.3 is 9.80 Å². The number of hydrogen-bond donors (Lipinski definition) is 0. The first-order valence-electron chi connectivity index (χ1n) is 22.4. The van der Waals surface area contributed by atoms with Crippen molar-refractivity contribution in [2.24, 2.45) is 0 Å². The highest BCUT2D eigenvalue weighted by molar-refractivity contribution is 8.00. The number of thioether (sulfide) groups is 1. The van der Waals surface area contributed by atoms with E-state index in [1.165, 1.54) is 116 Å². The molecule has 1 spiro atoms. The van der Waals surface area contributed by atoms with E-state index in [2.05, 4.69) is 181 Å². The summed E-state index contributed by atoms with van der Waals surface area (Å²) in [6.45, 7) is 6.92. The molecule has 0 radical (unpaired) electrons. The highest BCUT2D eigenvalue weighted by Gasteiger charge is 2.45. The third kappa shape index (κ3) is 5.68. The van der Waals surface area contributed by atoms with Crippen LogP contribution in [0.4, 0.5) is 17.1 Å². The number of fused-ring (bicyclic) bond motifs is 11. The number of benzene rings is 6. The molecule has 12 rings (SSSR count). The molecule has 0 aromatic heterocycles. The van der Waals surface area contributed by atoms with Crippen LogP contribution in [0.5, 0.6) is 0 Å². The first-order valence-corrected chi connectivity index (χ1v) is 23.3. The van der Waals surface area contributed by atoms with Gasteiger partial charge in [0.25, 0.3) is 0 Å². The van der Waals surface area contributed by atoms with Crippen molar-refractivity contribution in [1.82, 2.24) is 0 Å². The summed E-state index contributed by atoms with van der Waals surface area (Å²) in [5.74, 6) is 0. The predicted octanol–water partition coefficient (Wildman–Crippen LogP) is 14.5. The number of aryl methyl sites for hydroxylation is 1. The largest absolute Gasteiger partial charge is 0.367 e. The standard InChI is InChI=1S/C57H52N2S/c1-56(2)48-33-38(22-26-44(48)45-28-24-42(35-49(45)56)58-32-12-15-40-13-4-5-14-41(40)37-58)20-21-39-23-27-46-47-29-25-43(36-51(47)57(50(46)34-39)30-10-3-11-31-57)59-52-16-6-8-18-54(52)60-55-19-9-7-17-53(55)59/h4-9,13-14,16-29,33-36,52,54H,3,10-12,15,30-32,37H2,1-2H3. The lowest BCUT2D eigenvalue weighted by atomic mass is 9.67. The van der Waals surface area contributed by atoms with Crippen molar-refractivity contribution in [3.05, 3.63) is 190 Å². The molecule has 2 unspecified atom stereocenters. The molecular weight excluding hydrogens is 745 g/mol. The van der Waals surface area contributed by atoms with Crippen molar-refractivity contribution < 1.29 is 0 Å². The Hall–Kier alpha value is -5.51. The highest BCUT2D eigenvalue weighted by atomic mass is 32.2. The van der Waals surface area contributed by atoms with E-state index in [0.29, 0.717) is 11.3 Å². The van der Waals surface area contributed by atoms with Gasteiger partial charge in [0.2, 0.25) is 0 Å². The second kappa shape index (κ2) is 14.0. The first-order chi connectivity index (χ1) is 29.4. The maximum absolute atomic E-state index is 2.62. The van der Waals surface area contributed by atoms with Gasteiger partial charge in [-0.05, 0) is 129 Å². The topological polar surface area (TPSA) is 6.48 Å². The van der Waals surface area contributed by atoms with Crippen molar-refractivity contribution in [3.63, 3.8) is 0 Å². The lowest BCUT2D eigenvalue weighted by Crippen LogP contribution is -2.41. The van der Waals surface area contributed by atoms with E-state index in [-0.39, 0.29) is 10.8 Å². The van der Waals surface area contributed by atoms with Crippen molar-refractivity contribution in [1.29, 1.82) is 0 Å². The Kier molecular flexibility index (Phi) is 8.50. The molecular formula is C57H52N2S. The van der Waals surface area contributed by atoms with E-state index >= 15 is 0 Å². The maximum atomic E-state index is 2.62. The molecule has 2 heterocycles. The molecule has 296 valence electrons. The molecule has 1 fully saturated rings. The van der Waals surface area contributed by atoms with E-state index < -0.39 is 0 Å². The Morgan fingerprint density at radius 1 is 0.583 bits per heavy atom. The number of allylic oxidation sites excluding steroid dienone is 2. The molecule has 2 atom stereocenters. The van der Waals surface area contributed by atoms with Gasteiger partial charge in [0.1, 0.15) is 0 Å². The normalized spacial score (nSPS) is 21.2. The minimum Gasteiger partial charge on any atom is -0.367 e. The third-order valence-corrected chi connectivity index (χ3v) is 16.3. The van der Waals surface area contributed by atoms with E-state index in [4.69, 9.17) is 0 Å². The van der Waals surface area contributed by atoms with Gasteiger partial charge in [0.05, 0.1) is 17.0 Å². The number of para-hydroxylation sites is 1. The fourth-order valence-corrected chi connectivity index (χ4v) is 13.2. The summed E-state index contributed by atoms with van der Waals surface area (Å²) in [6.07, 6.45) is 22.6. The van der Waals surface area contributed by atoms with Crippen LogP contribution in [0.2, 0.25) is 0 Å². The zero-order chi connectivity index (χ0) is 40.0. The Morgan fingerprint density at radius 2 is 1.20 bits per heavy atom. The van der Waals surface area contributed by atoms with Crippen LogP contribution in [-0.2, 0) is 23.8 Å². The summed E-state index contributed by atoms with van der Waals surface area (Å²) >= 11 is 2.00. The lowest BCUT2D eigenvalue weighted by Gasteiger charge is -2.42. The second-order valence-electron chi connectivity index (χ2n) is 18.6. The SMILES string of the molecule is CC1(C)c2cc(C=Cc3ccc4c(c3)C3(CCCCC3)c3cc(N5c6ccccc6SC6C=CC=CC65)ccc3-4)ccc2-c2ccc(N3CCCc4ccccc4C3)cc21. The average Bonchev–Trinajstić information content (AvgIpc) is 3.52. The van der Waals surface area contributed by atoms with Crippen molar-refractivity contribution in [2.45, 2.75) is 92.4 Å². The van der Waals surface area contributed by atoms with Gasteiger partial charge in [-0.25, -0.2) is 0 Å². The summed E-state index contributed by atoms with van der Waals surface area (Å²) < 4.78 is 0. The fraction of sp³-hybridized carbons (Fsp3) is 0.263. The molecule has 6 aliphatic rings. The van der Waals surface area contributed by atoms with Crippen LogP contribution in [0, 0.1) is 0 Å². The van der Waals surface area contributed by atoms with Crippen molar-refractivity contribution in [2.75, 3.05) is 16.3 Å². The summed E-state index contributed by atoms with van der Waals surface area (Å²) in [5.41, 5.74) is 21.1. The summed E-state index contributed by atoms with van der Waals surface area (Å²) in [6, 6.07) is 47.5. The molecule has 0 N–H and O–H groups in total. The smallest absolute Gasteiger partial charge is 0.0683 e. The number of hydrogen-bond acceptors (Lipinski definition) is 3. The van der Waals surface area contributed by atoms with Crippen molar-refractivity contribution in [3.8, 4) is 22.3 Å². The first kappa shape index (κ1) is 36.4. The van der Waals surface area contributed by atoms with Gasteiger partial charge in [-0.15, -0.1) is 11.8 Å². The number of rotatable bonds is 4. The minimum absolute atomic E-state index is 0.0630. The lowest BCUT2D eigenvalue weighted by molar-refractivity contribution is 0.353. The Bertz CT molecular complexity index is 2800. The van der Waals surface area contributed by atoms with Crippen LogP contribution in [0.1, 0.15) is 96.9 Å². The zero-order valence-corrected chi connectivity index (χ0v) is 35.6. The molecule has 6 aromatic rings. The molecule has 2 aliphatic heterocycles. The molecule has 2 nitrogen and oxygen atoms in total. The molecule has 0 amide bonds. The molecule has 4 aliphatic carbocycles. The summed E-state index contributed by atoms with van der Waals surface area (Å²) in [5, 5.41) is 0.404. The second-order valence-corrected chi connectivity index (χ2v) is 19.9. The van der Waals surface area contributed by atoms with E-state index in [1.807, 2.05) is 11.8 Å². The van der Waals surface area contributed by atoms with Crippen LogP contribution in [-0.4, -0.2) is 17.8 Å². The Morgan fingerprint density at radius 3 is 2.00 bits per heavy atom. The minimum atomic E-state index is -0.0696. The van der Waals surface area contributed by atoms with Crippen LogP contribution in [0.25, 0.3) is 34.4 Å². The third-order valence-electron chi connectivity index (χ3n) is 15.0. The number of anilines is 3. The molecule has 0 saturated heterocycles. The van der Waals surface area contributed by atoms with Crippen LogP contribution >= 0.6 is 11.8 Å². The molecule has 1 saturated carbocycles.